The maximum Gasteiger partial charge on any atom is 0.298 e. The quantitative estimate of drug-likeness (QED) is 0.613. The molecule has 0 spiro atoms. The standard InChI is InChI=1S/C9H12N2O2/c10-6-9(12)11-13-7-8-4-2-1-3-5-8/h1-5H,6-7,10H2,(H,11,12)/p+1. The molecule has 1 aromatic carbocycles. The summed E-state index contributed by atoms with van der Waals surface area (Å²) in [6, 6.07) is 9.62. The van der Waals surface area contributed by atoms with E-state index in [0.717, 1.165) is 5.56 Å². The van der Waals surface area contributed by atoms with Crippen LogP contribution >= 0.6 is 0 Å². The highest BCUT2D eigenvalue weighted by Crippen LogP contribution is 1.98. The van der Waals surface area contributed by atoms with Crippen LogP contribution in [0.25, 0.3) is 0 Å². The fourth-order valence-corrected chi connectivity index (χ4v) is 0.825. The fraction of sp³-hybridized carbons (Fsp3) is 0.222. The van der Waals surface area contributed by atoms with Gasteiger partial charge in [0.1, 0.15) is 0 Å². The van der Waals surface area contributed by atoms with Gasteiger partial charge in [-0.05, 0) is 5.56 Å². The minimum absolute atomic E-state index is 0.189. The van der Waals surface area contributed by atoms with Crippen molar-refractivity contribution in [2.45, 2.75) is 6.61 Å². The van der Waals surface area contributed by atoms with Crippen LogP contribution in [0.3, 0.4) is 0 Å². The minimum atomic E-state index is -0.212. The van der Waals surface area contributed by atoms with Gasteiger partial charge in [-0.25, -0.2) is 5.48 Å². The minimum Gasteiger partial charge on any atom is -0.350 e. The van der Waals surface area contributed by atoms with Crippen LogP contribution in [-0.4, -0.2) is 12.5 Å². The Hall–Kier alpha value is -1.39. The van der Waals surface area contributed by atoms with Crippen LogP contribution in [-0.2, 0) is 16.2 Å². The third kappa shape index (κ3) is 3.68. The molecule has 0 aromatic heterocycles. The Morgan fingerprint density at radius 3 is 2.69 bits per heavy atom. The molecule has 1 rings (SSSR count). The van der Waals surface area contributed by atoms with Crippen LogP contribution in [0, 0.1) is 0 Å². The maximum absolute atomic E-state index is 10.7. The van der Waals surface area contributed by atoms with Crippen molar-refractivity contribution in [3.63, 3.8) is 0 Å². The van der Waals surface area contributed by atoms with E-state index in [-0.39, 0.29) is 12.5 Å². The van der Waals surface area contributed by atoms with Gasteiger partial charge in [0.2, 0.25) is 0 Å². The SMILES string of the molecule is [NH3+]CC(=O)NOCc1ccccc1. The number of benzene rings is 1. The normalized spacial score (nSPS) is 9.62. The molecular weight excluding hydrogens is 168 g/mol. The van der Waals surface area contributed by atoms with Crippen molar-refractivity contribution < 1.29 is 15.4 Å². The van der Waals surface area contributed by atoms with E-state index >= 15 is 0 Å². The van der Waals surface area contributed by atoms with Crippen molar-refractivity contribution in [1.82, 2.24) is 5.48 Å². The number of rotatable bonds is 4. The molecule has 1 amide bonds. The van der Waals surface area contributed by atoms with Crippen LogP contribution in [0.1, 0.15) is 5.56 Å². The summed E-state index contributed by atoms with van der Waals surface area (Å²) in [5, 5.41) is 0. The summed E-state index contributed by atoms with van der Waals surface area (Å²) in [7, 11) is 0. The molecule has 0 fully saturated rings. The predicted octanol–water partition coefficient (Wildman–Crippen LogP) is -0.524. The van der Waals surface area contributed by atoms with Crippen molar-refractivity contribution in [2.24, 2.45) is 0 Å². The van der Waals surface area contributed by atoms with E-state index < -0.39 is 0 Å². The average Bonchev–Trinajstić information content (AvgIpc) is 2.19. The van der Waals surface area contributed by atoms with E-state index in [2.05, 4.69) is 11.2 Å². The average molecular weight is 181 g/mol. The number of carbonyl (C=O) groups excluding carboxylic acids is 1. The molecule has 1 aromatic rings. The number of hydrogen-bond acceptors (Lipinski definition) is 2. The molecule has 0 radical (unpaired) electrons. The van der Waals surface area contributed by atoms with Gasteiger partial charge in [-0.1, -0.05) is 30.3 Å². The first-order valence-electron chi connectivity index (χ1n) is 4.06. The molecule has 4 heteroatoms. The Balaban J connectivity index is 2.24. The monoisotopic (exact) mass is 181 g/mol. The van der Waals surface area contributed by atoms with E-state index in [1.54, 1.807) is 0 Å². The smallest absolute Gasteiger partial charge is 0.298 e. The van der Waals surface area contributed by atoms with Gasteiger partial charge in [0, 0.05) is 0 Å². The zero-order valence-electron chi connectivity index (χ0n) is 7.32. The molecule has 0 unspecified atom stereocenters. The number of hydroxylamine groups is 1. The van der Waals surface area contributed by atoms with Crippen LogP contribution < -0.4 is 11.2 Å². The molecule has 4 nitrogen and oxygen atoms in total. The number of amides is 1. The molecule has 0 bridgehead atoms. The van der Waals surface area contributed by atoms with Gasteiger partial charge in [0.25, 0.3) is 5.91 Å². The first-order chi connectivity index (χ1) is 6.33. The van der Waals surface area contributed by atoms with Gasteiger partial charge < -0.3 is 5.73 Å². The van der Waals surface area contributed by atoms with E-state index in [4.69, 9.17) is 4.84 Å². The van der Waals surface area contributed by atoms with Crippen LogP contribution in [0.2, 0.25) is 0 Å². The second-order valence-electron chi connectivity index (χ2n) is 2.55. The molecule has 4 N–H and O–H groups in total. The summed E-state index contributed by atoms with van der Waals surface area (Å²) in [5.41, 5.74) is 6.72. The zero-order valence-corrected chi connectivity index (χ0v) is 7.32. The Kier molecular flexibility index (Phi) is 3.95. The lowest BCUT2D eigenvalue weighted by molar-refractivity contribution is -0.356. The molecule has 0 aliphatic rings. The third-order valence-electron chi connectivity index (χ3n) is 1.49. The van der Waals surface area contributed by atoms with Gasteiger partial charge in [-0.15, -0.1) is 0 Å². The summed E-state index contributed by atoms with van der Waals surface area (Å²) >= 11 is 0. The predicted molar refractivity (Wildman–Crippen MR) is 47.1 cm³/mol. The molecule has 13 heavy (non-hydrogen) atoms. The van der Waals surface area contributed by atoms with Gasteiger partial charge in [-0.3, -0.25) is 9.63 Å². The maximum atomic E-state index is 10.7. The number of quaternary nitrogens is 1. The lowest BCUT2D eigenvalue weighted by atomic mass is 10.2. The van der Waals surface area contributed by atoms with E-state index in [9.17, 15) is 4.79 Å². The Morgan fingerprint density at radius 2 is 2.08 bits per heavy atom. The lowest BCUT2D eigenvalue weighted by Gasteiger charge is -2.02. The van der Waals surface area contributed by atoms with Crippen molar-refractivity contribution in [3.05, 3.63) is 35.9 Å². The fourth-order valence-electron chi connectivity index (χ4n) is 0.825. The zero-order chi connectivity index (χ0) is 9.52. The van der Waals surface area contributed by atoms with Crippen LogP contribution in [0.4, 0.5) is 0 Å². The largest absolute Gasteiger partial charge is 0.350 e. The van der Waals surface area contributed by atoms with Gasteiger partial charge in [0.15, 0.2) is 6.54 Å². The van der Waals surface area contributed by atoms with Crippen molar-refractivity contribution in [1.29, 1.82) is 0 Å². The second-order valence-corrected chi connectivity index (χ2v) is 2.55. The highest BCUT2D eigenvalue weighted by atomic mass is 16.6. The van der Waals surface area contributed by atoms with Gasteiger partial charge in [-0.2, -0.15) is 0 Å². The summed E-state index contributed by atoms with van der Waals surface area (Å²) in [5.74, 6) is -0.212. The highest BCUT2D eigenvalue weighted by molar-refractivity contribution is 5.75. The molecular formula is C9H13N2O2+. The topological polar surface area (TPSA) is 66.0 Å². The molecule has 0 aliphatic carbocycles. The van der Waals surface area contributed by atoms with Crippen LogP contribution in [0.15, 0.2) is 30.3 Å². The Bertz CT molecular complexity index is 262. The molecule has 70 valence electrons. The first-order valence-corrected chi connectivity index (χ1v) is 4.06. The number of hydrogen-bond donors (Lipinski definition) is 2. The molecule has 0 saturated carbocycles. The molecule has 0 saturated heterocycles. The second kappa shape index (κ2) is 5.29. The summed E-state index contributed by atoms with van der Waals surface area (Å²) in [4.78, 5) is 15.6. The number of carbonyl (C=O) groups is 1. The van der Waals surface area contributed by atoms with Crippen molar-refractivity contribution in [3.8, 4) is 0 Å². The van der Waals surface area contributed by atoms with Gasteiger partial charge in [0.05, 0.1) is 6.61 Å². The lowest BCUT2D eigenvalue weighted by Crippen LogP contribution is -2.57. The summed E-state index contributed by atoms with van der Waals surface area (Å²) in [6.45, 7) is 0.571. The molecule has 0 atom stereocenters. The highest BCUT2D eigenvalue weighted by Gasteiger charge is 1.98. The van der Waals surface area contributed by atoms with E-state index in [1.807, 2.05) is 30.3 Å². The van der Waals surface area contributed by atoms with E-state index in [1.165, 1.54) is 0 Å². The van der Waals surface area contributed by atoms with Crippen molar-refractivity contribution >= 4 is 5.91 Å². The van der Waals surface area contributed by atoms with Gasteiger partial charge >= 0.3 is 0 Å². The first kappa shape index (κ1) is 9.70. The molecule has 0 heterocycles. The Labute approximate surface area is 76.6 Å². The van der Waals surface area contributed by atoms with Crippen LogP contribution in [0.5, 0.6) is 0 Å². The van der Waals surface area contributed by atoms with E-state index in [0.29, 0.717) is 6.61 Å². The molecule has 0 aliphatic heterocycles. The third-order valence-corrected chi connectivity index (χ3v) is 1.49. The summed E-state index contributed by atoms with van der Waals surface area (Å²) in [6.07, 6.45) is 0. The Morgan fingerprint density at radius 1 is 1.38 bits per heavy atom. The van der Waals surface area contributed by atoms with Crippen molar-refractivity contribution in [2.75, 3.05) is 6.54 Å². The summed E-state index contributed by atoms with van der Waals surface area (Å²) < 4.78 is 0. The number of nitrogens with one attached hydrogen (secondary N) is 1.